The van der Waals surface area contributed by atoms with Crippen LogP contribution in [0, 0.1) is 18.3 Å². The molecule has 5 nitrogen and oxygen atoms in total. The van der Waals surface area contributed by atoms with Crippen LogP contribution < -0.4 is 10.2 Å². The van der Waals surface area contributed by atoms with Gasteiger partial charge in [0.2, 0.25) is 5.91 Å². The Bertz CT molecular complexity index is 1240. The van der Waals surface area contributed by atoms with Crippen LogP contribution in [0.3, 0.4) is 0 Å². The smallest absolute Gasteiger partial charge is 0.255 e. The second kappa shape index (κ2) is 8.91. The molecule has 166 valence electrons. The summed E-state index contributed by atoms with van der Waals surface area (Å²) in [4.78, 5) is 27.6. The van der Waals surface area contributed by atoms with Gasteiger partial charge in [-0.3, -0.25) is 9.59 Å². The van der Waals surface area contributed by atoms with E-state index in [4.69, 9.17) is 0 Å². The molecule has 0 radical (unpaired) electrons. The van der Waals surface area contributed by atoms with Crippen molar-refractivity contribution >= 4 is 23.2 Å². The van der Waals surface area contributed by atoms with Crippen LogP contribution in [0.2, 0.25) is 0 Å². The number of rotatable bonds is 5. The molecule has 0 aliphatic carbocycles. The van der Waals surface area contributed by atoms with Crippen molar-refractivity contribution < 1.29 is 9.59 Å². The SMILES string of the molecule is Cc1ccc(NC(=O)c2cccc(C(C)(C)C#N)c2)cc1N1CC(c2ccccc2)CC1=O. The Labute approximate surface area is 194 Å². The second-order valence-corrected chi connectivity index (χ2v) is 9.09. The number of nitriles is 1. The first-order valence-corrected chi connectivity index (χ1v) is 11.1. The Hall–Kier alpha value is -3.91. The highest BCUT2D eigenvalue weighted by molar-refractivity contribution is 6.05. The van der Waals surface area contributed by atoms with E-state index in [1.54, 1.807) is 18.2 Å². The van der Waals surface area contributed by atoms with E-state index in [-0.39, 0.29) is 17.7 Å². The fourth-order valence-corrected chi connectivity index (χ4v) is 4.18. The van der Waals surface area contributed by atoms with Crippen molar-refractivity contribution in [3.63, 3.8) is 0 Å². The summed E-state index contributed by atoms with van der Waals surface area (Å²) in [6.07, 6.45) is 0.474. The zero-order chi connectivity index (χ0) is 23.6. The highest BCUT2D eigenvalue weighted by atomic mass is 16.2. The van der Waals surface area contributed by atoms with Crippen molar-refractivity contribution in [2.75, 3.05) is 16.8 Å². The van der Waals surface area contributed by atoms with Crippen molar-refractivity contribution in [2.45, 2.75) is 38.5 Å². The molecule has 33 heavy (non-hydrogen) atoms. The van der Waals surface area contributed by atoms with Crippen LogP contribution in [-0.4, -0.2) is 18.4 Å². The number of nitrogens with zero attached hydrogens (tertiary/aromatic N) is 2. The maximum atomic E-state index is 12.9. The average molecular weight is 438 g/mol. The van der Waals surface area contributed by atoms with Crippen LogP contribution in [0.15, 0.2) is 72.8 Å². The number of anilines is 2. The lowest BCUT2D eigenvalue weighted by molar-refractivity contribution is -0.117. The van der Waals surface area contributed by atoms with Crippen LogP contribution >= 0.6 is 0 Å². The molecule has 5 heteroatoms. The van der Waals surface area contributed by atoms with E-state index in [2.05, 4.69) is 23.5 Å². The molecule has 0 aromatic heterocycles. The molecule has 0 bridgehead atoms. The molecule has 1 aliphatic rings. The summed E-state index contributed by atoms with van der Waals surface area (Å²) >= 11 is 0. The minimum absolute atomic E-state index is 0.0851. The highest BCUT2D eigenvalue weighted by Gasteiger charge is 2.32. The summed E-state index contributed by atoms with van der Waals surface area (Å²) < 4.78 is 0. The van der Waals surface area contributed by atoms with Gasteiger partial charge in [-0.15, -0.1) is 0 Å². The normalized spacial score (nSPS) is 15.9. The van der Waals surface area contributed by atoms with Crippen LogP contribution in [0.1, 0.15) is 53.2 Å². The van der Waals surface area contributed by atoms with Crippen molar-refractivity contribution in [3.05, 3.63) is 95.1 Å². The summed E-state index contributed by atoms with van der Waals surface area (Å²) in [7, 11) is 0. The number of carbonyl (C=O) groups is 2. The first-order valence-electron chi connectivity index (χ1n) is 11.1. The van der Waals surface area contributed by atoms with Gasteiger partial charge in [-0.1, -0.05) is 48.5 Å². The third-order valence-electron chi connectivity index (χ3n) is 6.28. The van der Waals surface area contributed by atoms with Gasteiger partial charge in [-0.05, 0) is 61.7 Å². The van der Waals surface area contributed by atoms with E-state index in [1.165, 1.54) is 0 Å². The van der Waals surface area contributed by atoms with Crippen molar-refractivity contribution in [2.24, 2.45) is 0 Å². The summed E-state index contributed by atoms with van der Waals surface area (Å²) in [6.45, 7) is 6.24. The van der Waals surface area contributed by atoms with E-state index < -0.39 is 5.41 Å². The van der Waals surface area contributed by atoms with E-state index in [0.29, 0.717) is 24.2 Å². The van der Waals surface area contributed by atoms with E-state index in [1.807, 2.05) is 68.1 Å². The standard InChI is InChI=1S/C28H27N3O2/c1-19-12-13-24(30-27(33)21-10-7-11-23(14-21)28(2,3)18-29)16-25(19)31-17-22(15-26(31)32)20-8-5-4-6-9-20/h4-14,16,22H,15,17H2,1-3H3,(H,30,33). The van der Waals surface area contributed by atoms with E-state index in [9.17, 15) is 14.9 Å². The number of nitrogens with one attached hydrogen (secondary N) is 1. The van der Waals surface area contributed by atoms with Crippen LogP contribution in [0.4, 0.5) is 11.4 Å². The summed E-state index contributed by atoms with van der Waals surface area (Å²) in [5.74, 6) is -0.0141. The molecule has 1 unspecified atom stereocenters. The maximum Gasteiger partial charge on any atom is 0.255 e. The fraction of sp³-hybridized carbons (Fsp3) is 0.250. The second-order valence-electron chi connectivity index (χ2n) is 9.09. The molecule has 2 amide bonds. The maximum absolute atomic E-state index is 12.9. The van der Waals surface area contributed by atoms with Gasteiger partial charge in [-0.2, -0.15) is 5.26 Å². The minimum Gasteiger partial charge on any atom is -0.322 e. The molecule has 3 aromatic carbocycles. The van der Waals surface area contributed by atoms with Gasteiger partial charge in [0, 0.05) is 35.8 Å². The van der Waals surface area contributed by atoms with Crippen LogP contribution in [-0.2, 0) is 10.2 Å². The highest BCUT2D eigenvalue weighted by Crippen LogP contribution is 2.34. The quantitative estimate of drug-likeness (QED) is 0.567. The van der Waals surface area contributed by atoms with Crippen molar-refractivity contribution in [3.8, 4) is 6.07 Å². The largest absolute Gasteiger partial charge is 0.322 e. The van der Waals surface area contributed by atoms with Gasteiger partial charge in [0.05, 0.1) is 11.5 Å². The molecule has 0 saturated carbocycles. The summed E-state index contributed by atoms with van der Waals surface area (Å²) in [5.41, 5.74) is 4.18. The lowest BCUT2D eigenvalue weighted by Crippen LogP contribution is -2.25. The fourth-order valence-electron chi connectivity index (χ4n) is 4.18. The average Bonchev–Trinajstić information content (AvgIpc) is 3.22. The van der Waals surface area contributed by atoms with Crippen LogP contribution in [0.5, 0.6) is 0 Å². The number of amides is 2. The molecule has 1 aliphatic heterocycles. The first-order chi connectivity index (χ1) is 15.8. The van der Waals surface area contributed by atoms with Gasteiger partial charge in [0.25, 0.3) is 5.91 Å². The number of hydrogen-bond donors (Lipinski definition) is 1. The molecule has 1 atom stereocenters. The van der Waals surface area contributed by atoms with E-state index in [0.717, 1.165) is 22.4 Å². The Kier molecular flexibility index (Phi) is 6.02. The molecule has 1 fully saturated rings. The molecular formula is C28H27N3O2. The number of benzene rings is 3. The zero-order valence-corrected chi connectivity index (χ0v) is 19.1. The molecule has 0 spiro atoms. The number of aryl methyl sites for hydroxylation is 1. The molecule has 1 saturated heterocycles. The van der Waals surface area contributed by atoms with Gasteiger partial charge >= 0.3 is 0 Å². The number of hydrogen-bond acceptors (Lipinski definition) is 3. The zero-order valence-electron chi connectivity index (χ0n) is 19.1. The lowest BCUT2D eigenvalue weighted by Gasteiger charge is -2.21. The molecule has 1 heterocycles. The monoisotopic (exact) mass is 437 g/mol. The molecule has 3 aromatic rings. The van der Waals surface area contributed by atoms with Gasteiger partial charge in [0.15, 0.2) is 0 Å². The predicted molar refractivity (Wildman–Crippen MR) is 130 cm³/mol. The van der Waals surface area contributed by atoms with Gasteiger partial charge in [-0.25, -0.2) is 0 Å². The van der Waals surface area contributed by atoms with Gasteiger partial charge < -0.3 is 10.2 Å². The lowest BCUT2D eigenvalue weighted by atomic mass is 9.85. The Balaban J connectivity index is 1.55. The predicted octanol–water partition coefficient (Wildman–Crippen LogP) is 5.57. The Morgan fingerprint density at radius 2 is 1.82 bits per heavy atom. The van der Waals surface area contributed by atoms with Crippen molar-refractivity contribution in [1.82, 2.24) is 0 Å². The van der Waals surface area contributed by atoms with Gasteiger partial charge in [0.1, 0.15) is 0 Å². The number of carbonyl (C=O) groups excluding carboxylic acids is 2. The Morgan fingerprint density at radius 1 is 1.06 bits per heavy atom. The molecule has 4 rings (SSSR count). The van der Waals surface area contributed by atoms with Crippen molar-refractivity contribution in [1.29, 1.82) is 5.26 Å². The summed E-state index contributed by atoms with van der Waals surface area (Å²) in [5, 5.41) is 12.3. The molecule has 1 N–H and O–H groups in total. The third kappa shape index (κ3) is 4.65. The molecular weight excluding hydrogens is 410 g/mol. The van der Waals surface area contributed by atoms with Crippen LogP contribution in [0.25, 0.3) is 0 Å². The summed E-state index contributed by atoms with van der Waals surface area (Å²) in [6, 6.07) is 25.1. The topological polar surface area (TPSA) is 73.2 Å². The first kappa shape index (κ1) is 22.3. The van der Waals surface area contributed by atoms with E-state index >= 15 is 0 Å². The Morgan fingerprint density at radius 3 is 2.55 bits per heavy atom. The third-order valence-corrected chi connectivity index (χ3v) is 6.28. The minimum atomic E-state index is -0.682.